The molecule has 152 valence electrons. The average molecular weight is 462 g/mol. The van der Waals surface area contributed by atoms with Gasteiger partial charge in [-0.2, -0.15) is 0 Å². The number of nitrogens with two attached hydrogens (primary N) is 1. The van der Waals surface area contributed by atoms with Gasteiger partial charge in [0.1, 0.15) is 6.04 Å². The van der Waals surface area contributed by atoms with Gasteiger partial charge in [-0.05, 0) is 40.9 Å². The lowest BCUT2D eigenvalue weighted by Gasteiger charge is -2.16. The number of hydrazine groups is 1. The van der Waals surface area contributed by atoms with Crippen LogP contribution in [-0.2, 0) is 4.79 Å². The SMILES string of the molecule is NC(=NCCC[C@@H](NC(=O)c1ccc(Br)c([N+](=O)[O-])c1)C(=O)NO)N[N+](=O)[O-]. The Hall–Kier alpha value is -3.33. The van der Waals surface area contributed by atoms with Gasteiger partial charge < -0.3 is 11.1 Å². The Morgan fingerprint density at radius 3 is 2.57 bits per heavy atom. The van der Waals surface area contributed by atoms with Crippen molar-refractivity contribution in [1.29, 1.82) is 0 Å². The van der Waals surface area contributed by atoms with E-state index in [-0.39, 0.29) is 35.1 Å². The molecule has 6 N–H and O–H groups in total. The maximum Gasteiger partial charge on any atom is 0.284 e. The van der Waals surface area contributed by atoms with Gasteiger partial charge >= 0.3 is 0 Å². The minimum absolute atomic E-state index is 0.00150. The zero-order valence-electron chi connectivity index (χ0n) is 14.1. The number of nitrogens with one attached hydrogen (secondary N) is 3. The predicted octanol–water partition coefficient (Wildman–Crippen LogP) is -0.163. The highest BCUT2D eigenvalue weighted by molar-refractivity contribution is 9.10. The van der Waals surface area contributed by atoms with Crippen molar-refractivity contribution < 1.29 is 24.8 Å². The zero-order chi connectivity index (χ0) is 21.3. The molecule has 0 aliphatic heterocycles. The van der Waals surface area contributed by atoms with E-state index in [0.29, 0.717) is 0 Å². The highest BCUT2D eigenvalue weighted by atomic mass is 79.9. The highest BCUT2D eigenvalue weighted by Gasteiger charge is 2.22. The van der Waals surface area contributed by atoms with Crippen molar-refractivity contribution in [3.8, 4) is 0 Å². The molecule has 2 amide bonds. The number of halogens is 1. The lowest BCUT2D eigenvalue weighted by atomic mass is 10.1. The molecule has 1 atom stereocenters. The van der Waals surface area contributed by atoms with Crippen molar-refractivity contribution in [2.45, 2.75) is 18.9 Å². The number of nitro groups is 2. The quantitative estimate of drug-likeness (QED) is 0.0821. The maximum atomic E-state index is 12.3. The van der Waals surface area contributed by atoms with E-state index in [1.807, 2.05) is 0 Å². The third-order valence-electron chi connectivity index (χ3n) is 3.28. The van der Waals surface area contributed by atoms with Crippen LogP contribution < -0.4 is 22.0 Å². The Kier molecular flexibility index (Phi) is 8.70. The van der Waals surface area contributed by atoms with Crippen LogP contribution in [0.3, 0.4) is 0 Å². The van der Waals surface area contributed by atoms with E-state index in [1.165, 1.54) is 17.6 Å². The molecule has 0 spiro atoms. The first-order valence-corrected chi connectivity index (χ1v) is 8.34. The number of carbonyl (C=O) groups excluding carboxylic acids is 2. The molecule has 0 unspecified atom stereocenters. The molecule has 1 aromatic carbocycles. The lowest BCUT2D eigenvalue weighted by molar-refractivity contribution is -0.525. The molecular weight excluding hydrogens is 446 g/mol. The van der Waals surface area contributed by atoms with Gasteiger partial charge in [0.05, 0.1) is 9.40 Å². The van der Waals surface area contributed by atoms with Crippen LogP contribution in [0.2, 0.25) is 0 Å². The fraction of sp³-hybridized carbons (Fsp3) is 0.308. The largest absolute Gasteiger partial charge is 0.365 e. The van der Waals surface area contributed by atoms with Crippen molar-refractivity contribution >= 4 is 39.4 Å². The number of guanidine groups is 1. The van der Waals surface area contributed by atoms with E-state index in [2.05, 4.69) is 26.2 Å². The van der Waals surface area contributed by atoms with Crippen LogP contribution in [0.25, 0.3) is 0 Å². The number of nitro benzene ring substituents is 1. The van der Waals surface area contributed by atoms with Crippen molar-refractivity contribution in [1.82, 2.24) is 16.2 Å². The number of rotatable bonds is 9. The summed E-state index contributed by atoms with van der Waals surface area (Å²) >= 11 is 2.99. The third-order valence-corrected chi connectivity index (χ3v) is 3.95. The number of hydrogen-bond donors (Lipinski definition) is 5. The van der Waals surface area contributed by atoms with Crippen LogP contribution >= 0.6 is 15.9 Å². The molecule has 0 radical (unpaired) electrons. The van der Waals surface area contributed by atoms with Crippen LogP contribution in [0.5, 0.6) is 0 Å². The molecule has 0 bridgehead atoms. The molecule has 0 aliphatic rings. The predicted molar refractivity (Wildman–Crippen MR) is 97.8 cm³/mol. The van der Waals surface area contributed by atoms with Gasteiger partial charge in [-0.3, -0.25) is 24.9 Å². The number of carbonyl (C=O) groups is 2. The van der Waals surface area contributed by atoms with Crippen LogP contribution in [-0.4, -0.2) is 45.5 Å². The Labute approximate surface area is 165 Å². The van der Waals surface area contributed by atoms with E-state index in [9.17, 15) is 29.8 Å². The van der Waals surface area contributed by atoms with Gasteiger partial charge in [0.2, 0.25) is 0 Å². The second-order valence-electron chi connectivity index (χ2n) is 5.20. The van der Waals surface area contributed by atoms with E-state index < -0.39 is 33.8 Å². The lowest BCUT2D eigenvalue weighted by Crippen LogP contribution is -2.46. The summed E-state index contributed by atoms with van der Waals surface area (Å²) in [5.41, 5.74) is 7.88. The second-order valence-corrected chi connectivity index (χ2v) is 6.06. The average Bonchev–Trinajstić information content (AvgIpc) is 2.62. The van der Waals surface area contributed by atoms with Gasteiger partial charge in [-0.1, -0.05) is 5.43 Å². The zero-order valence-corrected chi connectivity index (χ0v) is 15.7. The number of aliphatic imine (C=N–C) groups is 1. The molecule has 1 aromatic rings. The van der Waals surface area contributed by atoms with Gasteiger partial charge in [0, 0.05) is 18.2 Å². The first-order chi connectivity index (χ1) is 13.1. The molecule has 0 aliphatic carbocycles. The van der Waals surface area contributed by atoms with E-state index in [0.717, 1.165) is 6.07 Å². The Morgan fingerprint density at radius 1 is 1.32 bits per heavy atom. The Bertz CT molecular complexity index is 801. The van der Waals surface area contributed by atoms with Crippen molar-refractivity contribution in [2.24, 2.45) is 10.7 Å². The number of benzene rings is 1. The smallest absolute Gasteiger partial charge is 0.284 e. The first kappa shape index (κ1) is 22.7. The number of hydrogen-bond acceptors (Lipinski definition) is 8. The topological polar surface area (TPSA) is 215 Å². The minimum Gasteiger partial charge on any atom is -0.365 e. The fourth-order valence-electron chi connectivity index (χ4n) is 2.01. The molecule has 0 fully saturated rings. The van der Waals surface area contributed by atoms with Gasteiger partial charge in [0.25, 0.3) is 23.5 Å². The maximum absolute atomic E-state index is 12.3. The summed E-state index contributed by atoms with van der Waals surface area (Å²) in [6.07, 6.45) is 0.185. The Balaban J connectivity index is 2.77. The summed E-state index contributed by atoms with van der Waals surface area (Å²) in [5.74, 6) is -2.12. The van der Waals surface area contributed by atoms with Gasteiger partial charge in [0.15, 0.2) is 5.03 Å². The molecule has 1 rings (SSSR count). The van der Waals surface area contributed by atoms with E-state index in [4.69, 9.17) is 10.9 Å². The third kappa shape index (κ3) is 7.12. The van der Waals surface area contributed by atoms with Crippen molar-refractivity contribution in [3.63, 3.8) is 0 Å². The number of hydroxylamine groups is 1. The summed E-state index contributed by atoms with van der Waals surface area (Å²) in [4.78, 5) is 48.1. The standard InChI is InChI=1S/C13H16BrN7O7/c14-8-4-3-7(6-10(8)20(25)26)11(22)17-9(12(23)19-24)2-1-5-16-13(15)18-21(27)28/h3-4,6,9,24H,1-2,5H2,(H,17,22)(H,19,23)(H3,15,16,18)/t9-/m1/s1. The fourth-order valence-corrected chi connectivity index (χ4v) is 2.40. The summed E-state index contributed by atoms with van der Waals surface area (Å²) in [6, 6.07) is 2.48. The molecule has 0 saturated carbocycles. The first-order valence-electron chi connectivity index (χ1n) is 7.55. The minimum atomic E-state index is -1.18. The van der Waals surface area contributed by atoms with Gasteiger partial charge in [-0.15, -0.1) is 0 Å². The molecular formula is C13H16BrN7O7. The van der Waals surface area contributed by atoms with Crippen LogP contribution in [0.1, 0.15) is 23.2 Å². The molecule has 14 nitrogen and oxygen atoms in total. The van der Waals surface area contributed by atoms with Crippen LogP contribution in [0.15, 0.2) is 27.7 Å². The summed E-state index contributed by atoms with van der Waals surface area (Å²) in [5, 5.41) is 31.4. The van der Waals surface area contributed by atoms with E-state index >= 15 is 0 Å². The number of nitrogens with zero attached hydrogens (tertiary/aromatic N) is 3. The molecule has 15 heteroatoms. The van der Waals surface area contributed by atoms with Crippen molar-refractivity contribution in [3.05, 3.63) is 48.5 Å². The van der Waals surface area contributed by atoms with Crippen LogP contribution in [0.4, 0.5) is 5.69 Å². The molecule has 28 heavy (non-hydrogen) atoms. The monoisotopic (exact) mass is 461 g/mol. The van der Waals surface area contributed by atoms with Gasteiger partial charge in [-0.25, -0.2) is 20.6 Å². The Morgan fingerprint density at radius 2 is 2.00 bits per heavy atom. The van der Waals surface area contributed by atoms with E-state index in [1.54, 1.807) is 5.43 Å². The highest BCUT2D eigenvalue weighted by Crippen LogP contribution is 2.25. The molecule has 0 aromatic heterocycles. The van der Waals surface area contributed by atoms with Crippen molar-refractivity contribution in [2.75, 3.05) is 6.54 Å². The molecule has 0 heterocycles. The second kappa shape index (κ2) is 10.7. The summed E-state index contributed by atoms with van der Waals surface area (Å²) in [6.45, 7) is 0.00150. The molecule has 0 saturated heterocycles. The summed E-state index contributed by atoms with van der Waals surface area (Å²) < 4.78 is 0.178. The summed E-state index contributed by atoms with van der Waals surface area (Å²) in [7, 11) is 0. The van der Waals surface area contributed by atoms with Crippen LogP contribution in [0, 0.1) is 20.2 Å². The normalized spacial score (nSPS) is 12.0. The number of amides is 2.